The molecule has 47 heavy (non-hydrogen) atoms. The molecule has 7 rings (SSSR count). The molecule has 2 N–H and O–H groups in total. The van der Waals surface area contributed by atoms with Gasteiger partial charge in [0.2, 0.25) is 0 Å². The molecule has 3 heterocycles. The molecule has 9 heteroatoms. The van der Waals surface area contributed by atoms with E-state index in [0.717, 1.165) is 50.5 Å². The zero-order valence-corrected chi connectivity index (χ0v) is 26.4. The van der Waals surface area contributed by atoms with Gasteiger partial charge in [-0.1, -0.05) is 60.7 Å². The highest BCUT2D eigenvalue weighted by Gasteiger charge is 2.23. The van der Waals surface area contributed by atoms with E-state index in [1.807, 2.05) is 72.9 Å². The molecule has 0 saturated heterocycles. The van der Waals surface area contributed by atoms with Gasteiger partial charge in [-0.3, -0.25) is 14.1 Å². The number of nitrogens with zero attached hydrogens (tertiary/aromatic N) is 3. The first-order chi connectivity index (χ1) is 22.9. The van der Waals surface area contributed by atoms with Gasteiger partial charge in [-0.05, 0) is 77.7 Å². The second-order valence-corrected chi connectivity index (χ2v) is 13.2. The number of sulfonamides is 1. The van der Waals surface area contributed by atoms with Crippen molar-refractivity contribution in [1.82, 2.24) is 20.3 Å². The summed E-state index contributed by atoms with van der Waals surface area (Å²) in [6.45, 7) is 0.522. The van der Waals surface area contributed by atoms with Crippen molar-refractivity contribution in [3.8, 4) is 22.3 Å². The second kappa shape index (κ2) is 12.5. The van der Waals surface area contributed by atoms with Crippen molar-refractivity contribution in [2.75, 3.05) is 17.9 Å². The Balaban J connectivity index is 1.27. The van der Waals surface area contributed by atoms with Crippen LogP contribution >= 0.6 is 0 Å². The summed E-state index contributed by atoms with van der Waals surface area (Å²) in [5.41, 5.74) is 7.50. The number of nitrogens with one attached hydrogen (secondary N) is 2. The van der Waals surface area contributed by atoms with Gasteiger partial charge in [-0.15, -0.1) is 0 Å². The lowest BCUT2D eigenvalue weighted by Crippen LogP contribution is -2.26. The van der Waals surface area contributed by atoms with Gasteiger partial charge in [0.05, 0.1) is 10.6 Å². The average molecular weight is 638 g/mol. The molecule has 4 aromatic carbocycles. The molecule has 232 valence electrons. The first kappa shape index (κ1) is 29.9. The maximum Gasteiger partial charge on any atom is 0.264 e. The van der Waals surface area contributed by atoms with Crippen LogP contribution in [0.25, 0.3) is 44.2 Å². The molecule has 0 bridgehead atoms. The molecule has 1 amide bonds. The predicted octanol–water partition coefficient (Wildman–Crippen LogP) is 7.24. The van der Waals surface area contributed by atoms with Crippen LogP contribution in [0.2, 0.25) is 0 Å². The first-order valence-corrected chi connectivity index (χ1v) is 16.7. The number of hydrogen-bond donors (Lipinski definition) is 2. The third kappa shape index (κ3) is 5.84. The topological polar surface area (TPSA) is 108 Å². The molecule has 0 unspecified atom stereocenters. The number of pyridine rings is 2. The zero-order chi connectivity index (χ0) is 32.4. The van der Waals surface area contributed by atoms with Crippen LogP contribution in [0.4, 0.5) is 5.69 Å². The van der Waals surface area contributed by atoms with Crippen molar-refractivity contribution in [1.29, 1.82) is 0 Å². The lowest BCUT2D eigenvalue weighted by molar-refractivity contribution is 0.0954. The molecule has 0 radical (unpaired) electrons. The second-order valence-electron chi connectivity index (χ2n) is 11.2. The summed E-state index contributed by atoms with van der Waals surface area (Å²) in [5.74, 6) is -0.138. The fourth-order valence-corrected chi connectivity index (χ4v) is 7.03. The SMILES string of the molecule is CN(c1ccc2[nH]c3ncc(-c4ccc(C(=O)NCCc5ccncc5)cc4)c(-c4ccccc4)c3c2c1)S(=O)(=O)c1ccccc1. The molecular formula is C38H31N5O3S. The summed E-state index contributed by atoms with van der Waals surface area (Å²) >= 11 is 0. The Kier molecular flexibility index (Phi) is 7.97. The molecule has 0 atom stereocenters. The van der Waals surface area contributed by atoms with Crippen molar-refractivity contribution in [3.63, 3.8) is 0 Å². The fourth-order valence-electron chi connectivity index (χ4n) is 5.83. The van der Waals surface area contributed by atoms with Gasteiger partial charge >= 0.3 is 0 Å². The van der Waals surface area contributed by atoms with E-state index in [0.29, 0.717) is 23.4 Å². The summed E-state index contributed by atoms with van der Waals surface area (Å²) < 4.78 is 28.3. The third-order valence-electron chi connectivity index (χ3n) is 8.34. The number of carbonyl (C=O) groups is 1. The van der Waals surface area contributed by atoms with Crippen molar-refractivity contribution in [2.24, 2.45) is 0 Å². The molecule has 0 fully saturated rings. The van der Waals surface area contributed by atoms with Crippen molar-refractivity contribution in [3.05, 3.63) is 145 Å². The highest BCUT2D eigenvalue weighted by Crippen LogP contribution is 2.41. The van der Waals surface area contributed by atoms with E-state index in [4.69, 9.17) is 4.98 Å². The van der Waals surface area contributed by atoms with Crippen LogP contribution in [0.5, 0.6) is 0 Å². The lowest BCUT2D eigenvalue weighted by atomic mass is 9.92. The number of fused-ring (bicyclic) bond motifs is 3. The van der Waals surface area contributed by atoms with Crippen molar-refractivity contribution >= 4 is 43.6 Å². The van der Waals surface area contributed by atoms with Gasteiger partial charge in [0.1, 0.15) is 5.65 Å². The quantitative estimate of drug-likeness (QED) is 0.174. The largest absolute Gasteiger partial charge is 0.352 e. The van der Waals surface area contributed by atoms with Crippen molar-refractivity contribution in [2.45, 2.75) is 11.3 Å². The molecule has 0 aliphatic heterocycles. The van der Waals surface area contributed by atoms with E-state index in [1.54, 1.807) is 55.8 Å². The van der Waals surface area contributed by atoms with Crippen LogP contribution in [-0.2, 0) is 16.4 Å². The Morgan fingerprint density at radius 3 is 2.26 bits per heavy atom. The smallest absolute Gasteiger partial charge is 0.264 e. The number of benzene rings is 4. The molecule has 0 aliphatic carbocycles. The Labute approximate surface area is 272 Å². The van der Waals surface area contributed by atoms with Crippen molar-refractivity contribution < 1.29 is 13.2 Å². The van der Waals surface area contributed by atoms with E-state index >= 15 is 0 Å². The van der Waals surface area contributed by atoms with Crippen LogP contribution in [-0.4, -0.2) is 42.9 Å². The molecule has 8 nitrogen and oxygen atoms in total. The highest BCUT2D eigenvalue weighted by molar-refractivity contribution is 7.92. The maximum absolute atomic E-state index is 13.5. The highest BCUT2D eigenvalue weighted by atomic mass is 32.2. The molecule has 0 spiro atoms. The summed E-state index contributed by atoms with van der Waals surface area (Å²) in [6, 6.07) is 35.5. The Bertz CT molecular complexity index is 2310. The maximum atomic E-state index is 13.5. The van der Waals surface area contributed by atoms with Gasteiger partial charge in [0, 0.05) is 65.2 Å². The van der Waals surface area contributed by atoms with Crippen LogP contribution in [0.1, 0.15) is 15.9 Å². The fraction of sp³-hybridized carbons (Fsp3) is 0.0789. The van der Waals surface area contributed by atoms with E-state index < -0.39 is 10.0 Å². The molecule has 3 aromatic heterocycles. The lowest BCUT2D eigenvalue weighted by Gasteiger charge is -2.20. The number of aromatic nitrogens is 3. The van der Waals surface area contributed by atoms with Crippen LogP contribution in [0.15, 0.2) is 139 Å². The normalized spacial score (nSPS) is 11.5. The monoisotopic (exact) mass is 637 g/mol. The minimum Gasteiger partial charge on any atom is -0.352 e. The summed E-state index contributed by atoms with van der Waals surface area (Å²) in [5, 5.41) is 4.73. The molecular weight excluding hydrogens is 607 g/mol. The average Bonchev–Trinajstić information content (AvgIpc) is 3.50. The Morgan fingerprint density at radius 1 is 0.830 bits per heavy atom. The van der Waals surface area contributed by atoms with Crippen LogP contribution in [0.3, 0.4) is 0 Å². The number of carbonyl (C=O) groups excluding carboxylic acids is 1. The van der Waals surface area contributed by atoms with Crippen LogP contribution in [0, 0.1) is 0 Å². The summed E-state index contributed by atoms with van der Waals surface area (Å²) in [6.07, 6.45) is 6.06. The van der Waals surface area contributed by atoms with Gasteiger partial charge in [-0.2, -0.15) is 0 Å². The first-order valence-electron chi connectivity index (χ1n) is 15.2. The van der Waals surface area contributed by atoms with Gasteiger partial charge < -0.3 is 10.3 Å². The number of rotatable bonds is 9. The van der Waals surface area contributed by atoms with Gasteiger partial charge in [0.15, 0.2) is 0 Å². The minimum atomic E-state index is -3.77. The number of hydrogen-bond acceptors (Lipinski definition) is 5. The van der Waals surface area contributed by atoms with E-state index in [2.05, 4.69) is 27.4 Å². The zero-order valence-electron chi connectivity index (χ0n) is 25.6. The minimum absolute atomic E-state index is 0.138. The number of H-pyrrole nitrogens is 1. The van der Waals surface area contributed by atoms with E-state index in [1.165, 1.54) is 4.31 Å². The summed E-state index contributed by atoms with van der Waals surface area (Å²) in [7, 11) is -2.20. The number of anilines is 1. The molecule has 7 aromatic rings. The van der Waals surface area contributed by atoms with Gasteiger partial charge in [0.25, 0.3) is 15.9 Å². The van der Waals surface area contributed by atoms with E-state index in [9.17, 15) is 13.2 Å². The number of amides is 1. The predicted molar refractivity (Wildman–Crippen MR) is 187 cm³/mol. The van der Waals surface area contributed by atoms with Crippen LogP contribution < -0.4 is 9.62 Å². The Morgan fingerprint density at radius 2 is 1.53 bits per heavy atom. The Hall–Kier alpha value is -5.80. The molecule has 0 saturated carbocycles. The standard InChI is InChI=1S/C38H31N5O3S/c1-43(47(45,46)31-10-6-3-7-11-31)30-16-17-34-32(24-30)36-35(28-8-4-2-5-9-28)33(25-41-37(36)42-34)27-12-14-29(15-13-27)38(44)40-23-20-26-18-21-39-22-19-26/h2-19,21-22,24-25H,20,23H2,1H3,(H,40,44)(H,41,42). The molecule has 0 aliphatic rings. The summed E-state index contributed by atoms with van der Waals surface area (Å²) in [4.78, 5) is 25.4. The third-order valence-corrected chi connectivity index (χ3v) is 10.1. The van der Waals surface area contributed by atoms with E-state index in [-0.39, 0.29) is 10.8 Å². The van der Waals surface area contributed by atoms with Gasteiger partial charge in [-0.25, -0.2) is 13.4 Å². The number of aromatic amines is 1.